The molecule has 0 bridgehead atoms. The Morgan fingerprint density at radius 3 is 2.50 bits per heavy atom. The number of nitrogens with zero attached hydrogens (tertiary/aromatic N) is 1. The van der Waals surface area contributed by atoms with Crippen molar-refractivity contribution in [3.63, 3.8) is 0 Å². The first-order valence-corrected chi connectivity index (χ1v) is 6.57. The van der Waals surface area contributed by atoms with E-state index in [1.807, 2.05) is 4.72 Å². The average molecular weight is 309 g/mol. The van der Waals surface area contributed by atoms with E-state index in [9.17, 15) is 26.0 Å². The Bertz CT molecular complexity index is 711. The maximum absolute atomic E-state index is 13.1. The molecule has 10 heteroatoms. The highest BCUT2D eigenvalue weighted by Gasteiger charge is 2.34. The van der Waals surface area contributed by atoms with E-state index in [1.54, 1.807) is 0 Å². The van der Waals surface area contributed by atoms with Gasteiger partial charge in [-0.3, -0.25) is 9.82 Å². The maximum atomic E-state index is 13.1. The van der Waals surface area contributed by atoms with Crippen LogP contribution in [0.2, 0.25) is 0 Å². The molecule has 0 saturated carbocycles. The zero-order chi connectivity index (χ0) is 15.0. The standard InChI is InChI=1S/C10H7F4N3O2S/c11-9-2-1-6(3-8(9)10(12,13)14)17-20(18,19)7-4-15-16-5-7/h1-5,17H,(H,15,16). The lowest BCUT2D eigenvalue weighted by Gasteiger charge is -2.11. The molecule has 0 atom stereocenters. The summed E-state index contributed by atoms with van der Waals surface area (Å²) >= 11 is 0. The second-order valence-electron chi connectivity index (χ2n) is 3.73. The van der Waals surface area contributed by atoms with Gasteiger partial charge in [0.25, 0.3) is 10.0 Å². The monoisotopic (exact) mass is 309 g/mol. The molecule has 0 fully saturated rings. The number of aromatic amines is 1. The van der Waals surface area contributed by atoms with Crippen LogP contribution in [0.4, 0.5) is 23.2 Å². The number of H-pyrrole nitrogens is 1. The first-order chi connectivity index (χ1) is 9.20. The number of sulfonamides is 1. The molecule has 0 unspecified atom stereocenters. The highest BCUT2D eigenvalue weighted by Crippen LogP contribution is 2.33. The van der Waals surface area contributed by atoms with E-state index < -0.39 is 33.3 Å². The molecule has 0 saturated heterocycles. The summed E-state index contributed by atoms with van der Waals surface area (Å²) in [6, 6.07) is 1.81. The Labute approximate surface area is 110 Å². The SMILES string of the molecule is O=S(=O)(Nc1ccc(F)c(C(F)(F)F)c1)c1cn[nH]c1. The van der Waals surface area contributed by atoms with E-state index in [4.69, 9.17) is 0 Å². The normalized spacial score (nSPS) is 12.4. The average Bonchev–Trinajstić information content (AvgIpc) is 2.84. The lowest BCUT2D eigenvalue weighted by molar-refractivity contribution is -0.139. The van der Waals surface area contributed by atoms with Crippen molar-refractivity contribution in [1.29, 1.82) is 0 Å². The van der Waals surface area contributed by atoms with Crippen molar-refractivity contribution in [3.05, 3.63) is 42.0 Å². The van der Waals surface area contributed by atoms with E-state index in [1.165, 1.54) is 0 Å². The summed E-state index contributed by atoms with van der Waals surface area (Å²) < 4.78 is 76.0. The van der Waals surface area contributed by atoms with Crippen molar-refractivity contribution in [2.45, 2.75) is 11.1 Å². The summed E-state index contributed by atoms with van der Waals surface area (Å²) in [5.41, 5.74) is -1.95. The maximum Gasteiger partial charge on any atom is 0.419 e. The third kappa shape index (κ3) is 2.90. The summed E-state index contributed by atoms with van der Waals surface area (Å²) in [5.74, 6) is -1.48. The number of rotatable bonds is 3. The van der Waals surface area contributed by atoms with E-state index in [-0.39, 0.29) is 4.90 Å². The molecule has 1 heterocycles. The van der Waals surface area contributed by atoms with Gasteiger partial charge in [0, 0.05) is 11.9 Å². The topological polar surface area (TPSA) is 74.8 Å². The molecule has 1 aromatic heterocycles. The fraction of sp³-hybridized carbons (Fsp3) is 0.100. The zero-order valence-electron chi connectivity index (χ0n) is 9.57. The van der Waals surface area contributed by atoms with Crippen LogP contribution >= 0.6 is 0 Å². The molecule has 0 aliphatic heterocycles. The highest BCUT2D eigenvalue weighted by molar-refractivity contribution is 7.92. The summed E-state index contributed by atoms with van der Waals surface area (Å²) in [4.78, 5) is -0.254. The largest absolute Gasteiger partial charge is 0.419 e. The minimum atomic E-state index is -4.92. The van der Waals surface area contributed by atoms with Crippen LogP contribution in [-0.2, 0) is 16.2 Å². The Kier molecular flexibility index (Phi) is 3.42. The summed E-state index contributed by atoms with van der Waals surface area (Å²) in [5, 5.41) is 5.67. The summed E-state index contributed by atoms with van der Waals surface area (Å²) in [7, 11) is -4.08. The van der Waals surface area contributed by atoms with Crippen molar-refractivity contribution in [1.82, 2.24) is 10.2 Å². The quantitative estimate of drug-likeness (QED) is 0.855. The van der Waals surface area contributed by atoms with Crippen LogP contribution in [0.15, 0.2) is 35.5 Å². The molecule has 0 aliphatic carbocycles. The Hall–Kier alpha value is -2.10. The molecular formula is C10H7F4N3O2S. The second-order valence-corrected chi connectivity index (χ2v) is 5.41. The molecular weight excluding hydrogens is 302 g/mol. The fourth-order valence-electron chi connectivity index (χ4n) is 1.41. The van der Waals surface area contributed by atoms with Crippen LogP contribution in [0.1, 0.15) is 5.56 Å². The van der Waals surface area contributed by atoms with E-state index in [0.29, 0.717) is 12.1 Å². The fourth-order valence-corrected chi connectivity index (χ4v) is 2.36. The van der Waals surface area contributed by atoms with Crippen molar-refractivity contribution in [2.75, 3.05) is 4.72 Å². The van der Waals surface area contributed by atoms with Gasteiger partial charge >= 0.3 is 6.18 Å². The molecule has 2 rings (SSSR count). The second kappa shape index (κ2) is 4.78. The van der Waals surface area contributed by atoms with Gasteiger partial charge in [-0.15, -0.1) is 0 Å². The van der Waals surface area contributed by atoms with Gasteiger partial charge in [0.15, 0.2) is 0 Å². The third-order valence-corrected chi connectivity index (χ3v) is 3.66. The molecule has 20 heavy (non-hydrogen) atoms. The lowest BCUT2D eigenvalue weighted by Crippen LogP contribution is -2.14. The molecule has 0 radical (unpaired) electrons. The van der Waals surface area contributed by atoms with Crippen molar-refractivity contribution in [3.8, 4) is 0 Å². The summed E-state index contributed by atoms with van der Waals surface area (Å²) in [6.07, 6.45) is -2.88. The van der Waals surface area contributed by atoms with Crippen LogP contribution in [0.25, 0.3) is 0 Å². The van der Waals surface area contributed by atoms with Crippen molar-refractivity contribution < 1.29 is 26.0 Å². The summed E-state index contributed by atoms with van der Waals surface area (Å²) in [6.45, 7) is 0. The van der Waals surface area contributed by atoms with Gasteiger partial charge in [-0.25, -0.2) is 12.8 Å². The Morgan fingerprint density at radius 1 is 1.25 bits per heavy atom. The zero-order valence-corrected chi connectivity index (χ0v) is 10.4. The van der Waals surface area contributed by atoms with E-state index in [2.05, 4.69) is 10.2 Å². The number of hydrogen-bond acceptors (Lipinski definition) is 3. The predicted octanol–water partition coefficient (Wildman–Crippen LogP) is 2.37. The van der Waals surface area contributed by atoms with Crippen LogP contribution in [-0.4, -0.2) is 18.6 Å². The molecule has 5 nitrogen and oxygen atoms in total. The number of halogens is 4. The molecule has 2 aromatic rings. The number of nitrogens with one attached hydrogen (secondary N) is 2. The number of hydrogen-bond donors (Lipinski definition) is 2. The molecule has 2 N–H and O–H groups in total. The molecule has 108 valence electrons. The number of alkyl halides is 3. The first-order valence-electron chi connectivity index (χ1n) is 5.08. The Morgan fingerprint density at radius 2 is 1.95 bits per heavy atom. The number of benzene rings is 1. The Balaban J connectivity index is 2.36. The van der Waals surface area contributed by atoms with Gasteiger partial charge < -0.3 is 0 Å². The lowest BCUT2D eigenvalue weighted by atomic mass is 10.2. The van der Waals surface area contributed by atoms with Crippen LogP contribution in [0.3, 0.4) is 0 Å². The molecule has 0 amide bonds. The highest BCUT2D eigenvalue weighted by atomic mass is 32.2. The van der Waals surface area contributed by atoms with Gasteiger partial charge in [-0.05, 0) is 18.2 Å². The molecule has 0 spiro atoms. The van der Waals surface area contributed by atoms with E-state index >= 15 is 0 Å². The first kappa shape index (κ1) is 14.3. The van der Waals surface area contributed by atoms with Crippen LogP contribution in [0, 0.1) is 5.82 Å². The smallest absolute Gasteiger partial charge is 0.284 e. The van der Waals surface area contributed by atoms with Gasteiger partial charge in [-0.1, -0.05) is 0 Å². The van der Waals surface area contributed by atoms with Crippen LogP contribution in [0.5, 0.6) is 0 Å². The van der Waals surface area contributed by atoms with E-state index in [0.717, 1.165) is 18.5 Å². The minimum Gasteiger partial charge on any atom is -0.284 e. The predicted molar refractivity (Wildman–Crippen MR) is 60.8 cm³/mol. The van der Waals surface area contributed by atoms with Gasteiger partial charge in [0.05, 0.1) is 11.8 Å². The number of anilines is 1. The van der Waals surface area contributed by atoms with Gasteiger partial charge in [-0.2, -0.15) is 18.3 Å². The number of aromatic nitrogens is 2. The van der Waals surface area contributed by atoms with Gasteiger partial charge in [0.1, 0.15) is 10.7 Å². The van der Waals surface area contributed by atoms with Crippen molar-refractivity contribution >= 4 is 15.7 Å². The van der Waals surface area contributed by atoms with Crippen molar-refractivity contribution in [2.24, 2.45) is 0 Å². The van der Waals surface area contributed by atoms with Crippen LogP contribution < -0.4 is 4.72 Å². The molecule has 1 aromatic carbocycles. The van der Waals surface area contributed by atoms with Gasteiger partial charge in [0.2, 0.25) is 0 Å². The minimum absolute atomic E-state index is 0.254. The molecule has 0 aliphatic rings. The third-order valence-electron chi connectivity index (χ3n) is 2.31.